The molecule has 0 radical (unpaired) electrons. The minimum absolute atomic E-state index is 0. The molecule has 0 aliphatic carbocycles. The van der Waals surface area contributed by atoms with Gasteiger partial charge in [-0.05, 0) is 26.2 Å². The Labute approximate surface area is 125 Å². The maximum atomic E-state index is 8.52. The molecule has 3 nitrogen and oxygen atoms in total. The molecule has 0 rings (SSSR count). The maximum Gasteiger partial charge on any atom is 0.0563 e. The van der Waals surface area contributed by atoms with Crippen LogP contribution >= 0.6 is 9.90 Å². The van der Waals surface area contributed by atoms with Gasteiger partial charge in [-0.15, -0.1) is 0 Å². The standard InChI is InChI=1S/C6H15N.C5H12.C4H10O.H2O.H3P/c1-5(2)7-6(3)4;1-5(2,3)4;1-4(2,3)5;;/h5-7H,1-4H3;1-4H3;5H,1-3H3;1H2;1H3. The summed E-state index contributed by atoms with van der Waals surface area (Å²) < 4.78 is 0. The van der Waals surface area contributed by atoms with Crippen molar-refractivity contribution in [1.29, 1.82) is 0 Å². The van der Waals surface area contributed by atoms with Gasteiger partial charge in [0, 0.05) is 12.1 Å². The van der Waals surface area contributed by atoms with Gasteiger partial charge in [0.1, 0.15) is 0 Å². The van der Waals surface area contributed by atoms with E-state index in [1.165, 1.54) is 0 Å². The lowest BCUT2D eigenvalue weighted by atomic mass is 10.0. The summed E-state index contributed by atoms with van der Waals surface area (Å²) in [5.41, 5.74) is 0. The van der Waals surface area contributed by atoms with Crippen molar-refractivity contribution >= 4 is 9.90 Å². The number of hydrogen-bond donors (Lipinski definition) is 2. The Hall–Kier alpha value is 0.310. The highest BCUT2D eigenvalue weighted by Crippen LogP contribution is 2.08. The molecule has 124 valence electrons. The molecule has 0 aromatic carbocycles. The van der Waals surface area contributed by atoms with Crippen LogP contribution in [0.3, 0.4) is 0 Å². The second-order valence-corrected chi connectivity index (χ2v) is 7.65. The largest absolute Gasteiger partial charge is 0.412 e. The van der Waals surface area contributed by atoms with Gasteiger partial charge in [-0.3, -0.25) is 0 Å². The van der Waals surface area contributed by atoms with Crippen LogP contribution in [0, 0.1) is 5.41 Å². The Morgan fingerprint density at radius 1 is 0.737 bits per heavy atom. The highest BCUT2D eigenvalue weighted by atomic mass is 31.0. The van der Waals surface area contributed by atoms with Gasteiger partial charge in [0.25, 0.3) is 0 Å². The van der Waals surface area contributed by atoms with Crippen LogP contribution in [0.15, 0.2) is 0 Å². The molecule has 0 bridgehead atoms. The van der Waals surface area contributed by atoms with E-state index in [0.29, 0.717) is 17.5 Å². The molecule has 0 aliphatic heterocycles. The first-order chi connectivity index (χ1) is 7.13. The first kappa shape index (κ1) is 31.6. The van der Waals surface area contributed by atoms with E-state index in [2.05, 4.69) is 60.7 Å². The van der Waals surface area contributed by atoms with Gasteiger partial charge in [-0.1, -0.05) is 55.4 Å². The SMILES string of the molecule is CC(C)(C)C.CC(C)(C)O.CC(C)NC(C)C.O.P. The van der Waals surface area contributed by atoms with Gasteiger partial charge in [0.2, 0.25) is 0 Å². The summed E-state index contributed by atoms with van der Waals surface area (Å²) in [6, 6.07) is 1.25. The molecule has 19 heavy (non-hydrogen) atoms. The van der Waals surface area contributed by atoms with Crippen molar-refractivity contribution in [2.75, 3.05) is 0 Å². The third-order valence-corrected chi connectivity index (χ3v) is 0.667. The van der Waals surface area contributed by atoms with E-state index in [0.717, 1.165) is 0 Å². The summed E-state index contributed by atoms with van der Waals surface area (Å²) in [6.07, 6.45) is 0. The fourth-order valence-electron chi connectivity index (χ4n) is 0.667. The van der Waals surface area contributed by atoms with E-state index in [4.69, 9.17) is 5.11 Å². The van der Waals surface area contributed by atoms with Crippen molar-refractivity contribution in [3.8, 4) is 0 Å². The van der Waals surface area contributed by atoms with Crippen LogP contribution in [0.1, 0.15) is 76.2 Å². The zero-order valence-electron chi connectivity index (χ0n) is 15.3. The minimum atomic E-state index is -0.500. The summed E-state index contributed by atoms with van der Waals surface area (Å²) in [5, 5.41) is 11.8. The van der Waals surface area contributed by atoms with E-state index >= 15 is 0 Å². The smallest absolute Gasteiger partial charge is 0.0563 e. The molecule has 4 N–H and O–H groups in total. The Morgan fingerprint density at radius 2 is 0.842 bits per heavy atom. The lowest BCUT2D eigenvalue weighted by Gasteiger charge is -2.10. The summed E-state index contributed by atoms with van der Waals surface area (Å²) in [6.45, 7) is 22.6. The number of hydrogen-bond acceptors (Lipinski definition) is 2. The van der Waals surface area contributed by atoms with Crippen molar-refractivity contribution < 1.29 is 10.6 Å². The average molecular weight is 299 g/mol. The van der Waals surface area contributed by atoms with Crippen LogP contribution in [-0.4, -0.2) is 28.3 Å². The molecule has 0 heterocycles. The summed E-state index contributed by atoms with van der Waals surface area (Å²) >= 11 is 0. The lowest BCUT2D eigenvalue weighted by molar-refractivity contribution is 0.102. The number of aliphatic hydroxyl groups is 1. The van der Waals surface area contributed by atoms with E-state index in [1.54, 1.807) is 20.8 Å². The maximum absolute atomic E-state index is 8.52. The van der Waals surface area contributed by atoms with E-state index in [1.807, 2.05) is 0 Å². The predicted octanol–water partition coefficient (Wildman–Crippen LogP) is 3.46. The number of rotatable bonds is 2. The molecule has 4 heteroatoms. The van der Waals surface area contributed by atoms with Crippen LogP contribution < -0.4 is 5.32 Å². The quantitative estimate of drug-likeness (QED) is 0.767. The molecule has 0 aromatic heterocycles. The van der Waals surface area contributed by atoms with Gasteiger partial charge >= 0.3 is 0 Å². The van der Waals surface area contributed by atoms with Crippen molar-refractivity contribution in [3.05, 3.63) is 0 Å². The van der Waals surface area contributed by atoms with Crippen molar-refractivity contribution in [1.82, 2.24) is 5.32 Å². The first-order valence-electron chi connectivity index (χ1n) is 6.61. The highest BCUT2D eigenvalue weighted by Gasteiger charge is 1.98. The zero-order valence-corrected chi connectivity index (χ0v) is 16.7. The molecule has 0 aromatic rings. The van der Waals surface area contributed by atoms with Crippen LogP contribution in [0.25, 0.3) is 0 Å². The van der Waals surface area contributed by atoms with Gasteiger partial charge in [0.15, 0.2) is 0 Å². The molecule has 0 spiro atoms. The molecule has 0 saturated carbocycles. The first-order valence-corrected chi connectivity index (χ1v) is 6.61. The third kappa shape index (κ3) is 262. The molecule has 0 fully saturated rings. The third-order valence-electron chi connectivity index (χ3n) is 0.667. The second-order valence-electron chi connectivity index (χ2n) is 7.65. The predicted molar refractivity (Wildman–Crippen MR) is 95.2 cm³/mol. The van der Waals surface area contributed by atoms with Gasteiger partial charge in [0.05, 0.1) is 5.60 Å². The topological polar surface area (TPSA) is 63.8 Å². The molecule has 0 aliphatic rings. The lowest BCUT2D eigenvalue weighted by Crippen LogP contribution is -2.29. The van der Waals surface area contributed by atoms with Crippen LogP contribution in [0.5, 0.6) is 0 Å². The Balaban J connectivity index is -0.0000000500. The molecular formula is C15H42NO2P. The molecule has 1 atom stereocenters. The summed E-state index contributed by atoms with van der Waals surface area (Å²) in [7, 11) is 0. The van der Waals surface area contributed by atoms with E-state index in [9.17, 15) is 0 Å². The second kappa shape index (κ2) is 14.7. The Kier molecular flexibility index (Phi) is 24.5. The van der Waals surface area contributed by atoms with Crippen molar-refractivity contribution in [2.45, 2.75) is 93.8 Å². The van der Waals surface area contributed by atoms with Crippen molar-refractivity contribution in [2.24, 2.45) is 5.41 Å². The van der Waals surface area contributed by atoms with Crippen LogP contribution in [0.4, 0.5) is 0 Å². The zero-order chi connectivity index (χ0) is 14.9. The molecule has 0 amide bonds. The van der Waals surface area contributed by atoms with Gasteiger partial charge in [-0.2, -0.15) is 9.90 Å². The Bertz CT molecular complexity index is 129. The van der Waals surface area contributed by atoms with Gasteiger partial charge in [-0.25, -0.2) is 0 Å². The van der Waals surface area contributed by atoms with E-state index < -0.39 is 5.60 Å². The van der Waals surface area contributed by atoms with Crippen LogP contribution in [-0.2, 0) is 0 Å². The molecule has 1 unspecified atom stereocenters. The van der Waals surface area contributed by atoms with Crippen molar-refractivity contribution in [3.63, 3.8) is 0 Å². The fraction of sp³-hybridized carbons (Fsp3) is 1.00. The fourth-order valence-corrected chi connectivity index (χ4v) is 0.667. The normalized spacial score (nSPS) is 10.4. The Morgan fingerprint density at radius 3 is 0.842 bits per heavy atom. The molecule has 0 saturated heterocycles. The van der Waals surface area contributed by atoms with Crippen LogP contribution in [0.2, 0.25) is 0 Å². The monoisotopic (exact) mass is 299 g/mol. The number of nitrogens with one attached hydrogen (secondary N) is 1. The molecular weight excluding hydrogens is 257 g/mol. The van der Waals surface area contributed by atoms with Gasteiger partial charge < -0.3 is 15.9 Å². The minimum Gasteiger partial charge on any atom is -0.412 e. The average Bonchev–Trinajstić information content (AvgIpc) is 1.71. The highest BCUT2D eigenvalue weighted by molar-refractivity contribution is 6.92. The van der Waals surface area contributed by atoms with E-state index in [-0.39, 0.29) is 15.4 Å². The summed E-state index contributed by atoms with van der Waals surface area (Å²) in [4.78, 5) is 0. The summed E-state index contributed by atoms with van der Waals surface area (Å²) in [5.74, 6) is 0.